The predicted octanol–water partition coefficient (Wildman–Crippen LogP) is 3.90. The van der Waals surface area contributed by atoms with Gasteiger partial charge >= 0.3 is 17.9 Å². The second-order valence-electron chi connectivity index (χ2n) is 15.0. The van der Waals surface area contributed by atoms with E-state index < -0.39 is 35.8 Å². The maximum absolute atomic E-state index is 12.4. The third-order valence-corrected chi connectivity index (χ3v) is 9.60. The minimum atomic E-state index is -1.16. The Balaban J connectivity index is 1.97. The molecule has 0 bridgehead atoms. The van der Waals surface area contributed by atoms with Crippen LogP contribution in [0.2, 0.25) is 0 Å². The largest absolute Gasteiger partial charge is 0.494 e. The first-order valence-corrected chi connectivity index (χ1v) is 22.0. The van der Waals surface area contributed by atoms with Crippen LogP contribution in [0.3, 0.4) is 0 Å². The van der Waals surface area contributed by atoms with Crippen molar-refractivity contribution in [2.24, 2.45) is 5.92 Å². The Kier molecular flexibility index (Phi) is 33.0. The Labute approximate surface area is 375 Å². The third kappa shape index (κ3) is 31.6. The fraction of sp³-hybridized carbons (Fsp3) is 0.644. The molecule has 6 N–H and O–H groups in total. The van der Waals surface area contributed by atoms with Gasteiger partial charge in [0.2, 0.25) is 17.7 Å². The number of carboxylic acids is 3. The Morgan fingerprint density at radius 1 is 0.562 bits per heavy atom. The van der Waals surface area contributed by atoms with Crippen molar-refractivity contribution in [2.45, 2.75) is 109 Å². The van der Waals surface area contributed by atoms with Crippen molar-refractivity contribution < 1.29 is 77.4 Å². The molecular weight excluding hydrogens is 838 g/mol. The van der Waals surface area contributed by atoms with Crippen LogP contribution in [0.15, 0.2) is 36.9 Å². The van der Waals surface area contributed by atoms with Crippen molar-refractivity contribution in [1.82, 2.24) is 16.0 Å². The van der Waals surface area contributed by atoms with Gasteiger partial charge in [-0.05, 0) is 75.3 Å². The van der Waals surface area contributed by atoms with Crippen molar-refractivity contribution in [3.63, 3.8) is 0 Å². The summed E-state index contributed by atoms with van der Waals surface area (Å²) in [7, 11) is 0. The molecule has 0 aliphatic rings. The number of hydrogen-bond acceptors (Lipinski definition) is 13. The van der Waals surface area contributed by atoms with Crippen LogP contribution in [0.5, 0.6) is 5.75 Å². The summed E-state index contributed by atoms with van der Waals surface area (Å²) in [6, 6.07) is 5.23. The van der Waals surface area contributed by atoms with Crippen molar-refractivity contribution in [3.05, 3.63) is 42.5 Å². The number of ether oxygens (including phenoxy) is 5. The van der Waals surface area contributed by atoms with E-state index in [0.717, 1.165) is 44.6 Å². The maximum Gasteiger partial charge on any atom is 0.335 e. The lowest BCUT2D eigenvalue weighted by atomic mass is 9.94. The number of rotatable bonds is 43. The molecule has 1 aromatic carbocycles. The highest BCUT2D eigenvalue weighted by Crippen LogP contribution is 2.17. The predicted molar refractivity (Wildman–Crippen MR) is 233 cm³/mol. The van der Waals surface area contributed by atoms with Gasteiger partial charge in [0.15, 0.2) is 5.78 Å². The zero-order valence-corrected chi connectivity index (χ0v) is 37.0. The molecule has 0 saturated heterocycles. The number of carboxylic acid groups (broad SMARTS) is 3. The number of carbonyl (C=O) groups is 8. The molecule has 0 unspecified atom stereocenters. The molecule has 0 aromatic heterocycles. The summed E-state index contributed by atoms with van der Waals surface area (Å²) in [5.74, 6) is -5.01. The van der Waals surface area contributed by atoms with Crippen molar-refractivity contribution in [2.75, 3.05) is 72.6 Å². The number of benzene rings is 1. The van der Waals surface area contributed by atoms with Crippen LogP contribution in [0.1, 0.15) is 113 Å². The number of carbonyl (C=O) groups excluding carboxylic acids is 5. The number of hydrogen-bond donors (Lipinski definition) is 6. The zero-order chi connectivity index (χ0) is 47.2. The molecule has 1 rings (SSSR count). The molecule has 0 fully saturated rings. The molecule has 0 aliphatic carbocycles. The summed E-state index contributed by atoms with van der Waals surface area (Å²) in [5.41, 5.74) is 0.214. The van der Waals surface area contributed by atoms with Gasteiger partial charge in [-0.2, -0.15) is 0 Å². The minimum absolute atomic E-state index is 0.0326. The number of amides is 3. The highest BCUT2D eigenvalue weighted by atomic mass is 16.5. The molecule has 64 heavy (non-hydrogen) atoms. The highest BCUT2D eigenvalue weighted by molar-refractivity contribution is 5.88. The Hall–Kier alpha value is -5.24. The van der Waals surface area contributed by atoms with Crippen molar-refractivity contribution in [3.8, 4) is 5.75 Å². The maximum atomic E-state index is 12.4. The normalized spacial score (nSPS) is 11.8. The van der Waals surface area contributed by atoms with Crippen molar-refractivity contribution in [1.29, 1.82) is 0 Å². The number of aliphatic carboxylic acids is 2. The van der Waals surface area contributed by atoms with Gasteiger partial charge in [-0.25, -0.2) is 9.59 Å². The van der Waals surface area contributed by atoms with Crippen LogP contribution in [0.25, 0.3) is 0 Å². The number of Topliss-reactive ketones (excluding diaryl/α,β-unsaturated/α-hetero) is 2. The molecule has 2 atom stereocenters. The van der Waals surface area contributed by atoms with Gasteiger partial charge in [0.05, 0.1) is 51.1 Å². The number of ketones is 2. The quantitative estimate of drug-likeness (QED) is 0.0400. The molecule has 360 valence electrons. The van der Waals surface area contributed by atoms with Crippen LogP contribution in [-0.4, -0.2) is 141 Å². The zero-order valence-electron chi connectivity index (χ0n) is 37.0. The monoisotopic (exact) mass is 907 g/mol. The third-order valence-electron chi connectivity index (χ3n) is 9.60. The molecule has 1 aromatic rings. The average molecular weight is 908 g/mol. The molecule has 0 radical (unpaired) electrons. The van der Waals surface area contributed by atoms with E-state index in [9.17, 15) is 48.6 Å². The van der Waals surface area contributed by atoms with E-state index >= 15 is 0 Å². The highest BCUT2D eigenvalue weighted by Gasteiger charge is 2.22. The summed E-state index contributed by atoms with van der Waals surface area (Å²) < 4.78 is 27.0. The van der Waals surface area contributed by atoms with Gasteiger partial charge in [0.1, 0.15) is 30.8 Å². The van der Waals surface area contributed by atoms with Crippen LogP contribution in [-0.2, 0) is 52.5 Å². The molecule has 19 nitrogen and oxygen atoms in total. The van der Waals surface area contributed by atoms with E-state index in [0.29, 0.717) is 57.6 Å². The summed E-state index contributed by atoms with van der Waals surface area (Å²) in [6.45, 7) is 5.19. The number of aromatic carboxylic acids is 1. The van der Waals surface area contributed by atoms with Crippen LogP contribution >= 0.6 is 0 Å². The van der Waals surface area contributed by atoms with E-state index in [1.54, 1.807) is 12.1 Å². The summed E-state index contributed by atoms with van der Waals surface area (Å²) in [4.78, 5) is 93.9. The van der Waals surface area contributed by atoms with Gasteiger partial charge in [0.25, 0.3) is 0 Å². The first kappa shape index (κ1) is 56.8. The second kappa shape index (κ2) is 37.2. The molecule has 0 spiro atoms. The summed E-state index contributed by atoms with van der Waals surface area (Å²) in [6.07, 6.45) is 9.75. The van der Waals surface area contributed by atoms with E-state index in [2.05, 4.69) is 22.5 Å². The first-order chi connectivity index (χ1) is 30.8. The van der Waals surface area contributed by atoms with E-state index in [4.69, 9.17) is 28.8 Å². The van der Waals surface area contributed by atoms with Crippen molar-refractivity contribution >= 4 is 47.2 Å². The molecule has 3 amide bonds. The topological polar surface area (TPSA) is 279 Å². The lowest BCUT2D eigenvalue weighted by Crippen LogP contribution is -2.42. The Morgan fingerprint density at radius 3 is 1.84 bits per heavy atom. The molecular formula is C45H69N3O16. The van der Waals surface area contributed by atoms with Gasteiger partial charge in [-0.1, -0.05) is 38.7 Å². The Bertz CT molecular complexity index is 1550. The van der Waals surface area contributed by atoms with Gasteiger partial charge in [-0.3, -0.25) is 28.8 Å². The van der Waals surface area contributed by atoms with Gasteiger partial charge < -0.3 is 55.0 Å². The SMILES string of the molecule is C=CC(=O)NCCCC[C@H](NC(=O)COCCOCCCC(=O)COCCOCCNC(=O)CC[C@H](CC(=O)CCCCCCCCCOc1ccc(C(=O)O)cc1)C(=O)O)C(=O)O. The standard InChI is InChI=1S/C45H69N3O16/c1-2-40(51)46-22-10-9-15-39(45(58)59)48-42(53)33-63-30-27-60-24-12-14-37(50)32-62-29-28-61-26-23-47-41(52)21-18-35(44(56)57)31-36(49)13-8-6-4-3-5-7-11-25-64-38-19-16-34(17-20-38)43(54)55/h2,16-17,19-20,35,39H,1,3-15,18,21-33H2,(H,46,51)(H,47,52)(H,48,53)(H,54,55)(H,56,57)(H,58,59)/t35-,39+/m1/s1. The average Bonchev–Trinajstić information content (AvgIpc) is 3.26. The molecule has 0 heterocycles. The smallest absolute Gasteiger partial charge is 0.335 e. The fourth-order valence-corrected chi connectivity index (χ4v) is 6.02. The lowest BCUT2D eigenvalue weighted by molar-refractivity contribution is -0.144. The summed E-state index contributed by atoms with van der Waals surface area (Å²) >= 11 is 0. The van der Waals surface area contributed by atoms with Gasteiger partial charge in [-0.15, -0.1) is 0 Å². The first-order valence-electron chi connectivity index (χ1n) is 22.0. The number of nitrogens with one attached hydrogen (secondary N) is 3. The van der Waals surface area contributed by atoms with E-state index in [-0.39, 0.29) is 114 Å². The molecule has 0 saturated carbocycles. The summed E-state index contributed by atoms with van der Waals surface area (Å²) in [5, 5.41) is 35.5. The van der Waals surface area contributed by atoms with Crippen LogP contribution in [0.4, 0.5) is 0 Å². The fourth-order valence-electron chi connectivity index (χ4n) is 6.02. The Morgan fingerprint density at radius 2 is 1.19 bits per heavy atom. The van der Waals surface area contributed by atoms with Crippen LogP contribution < -0.4 is 20.7 Å². The van der Waals surface area contributed by atoms with Crippen LogP contribution in [0, 0.1) is 5.92 Å². The number of unbranched alkanes of at least 4 members (excludes halogenated alkanes) is 7. The molecule has 0 aliphatic heterocycles. The van der Waals surface area contributed by atoms with Gasteiger partial charge in [0, 0.05) is 45.4 Å². The molecule has 19 heteroatoms. The van der Waals surface area contributed by atoms with E-state index in [1.807, 2.05) is 0 Å². The second-order valence-corrected chi connectivity index (χ2v) is 15.0. The lowest BCUT2D eigenvalue weighted by Gasteiger charge is -2.14. The van der Waals surface area contributed by atoms with E-state index in [1.165, 1.54) is 12.1 Å². The minimum Gasteiger partial charge on any atom is -0.494 e.